The molecule has 3 amide bonds. The first kappa shape index (κ1) is 35.9. The van der Waals surface area contributed by atoms with E-state index in [9.17, 15) is 19.2 Å². The first-order valence-corrected chi connectivity index (χ1v) is 16.1. The number of esters is 1. The number of rotatable bonds is 11. The second-order valence-electron chi connectivity index (χ2n) is 12.8. The van der Waals surface area contributed by atoms with Crippen molar-refractivity contribution >= 4 is 24.1 Å². The molecule has 1 heterocycles. The molecule has 1 aliphatic rings. The number of imide groups is 1. The van der Waals surface area contributed by atoms with Gasteiger partial charge in [-0.05, 0) is 86.5 Å². The summed E-state index contributed by atoms with van der Waals surface area (Å²) >= 11 is 0. The van der Waals surface area contributed by atoms with Crippen LogP contribution >= 0.6 is 0 Å². The minimum absolute atomic E-state index is 0.0208. The van der Waals surface area contributed by atoms with Crippen LogP contribution in [0.15, 0.2) is 91.0 Å². The van der Waals surface area contributed by atoms with Gasteiger partial charge in [-0.25, -0.2) is 19.3 Å². The Morgan fingerprint density at radius 3 is 2.29 bits per heavy atom. The molecule has 1 unspecified atom stereocenters. The minimum atomic E-state index is -1.23. The van der Waals surface area contributed by atoms with E-state index in [0.29, 0.717) is 6.42 Å². The van der Waals surface area contributed by atoms with Crippen LogP contribution in [-0.4, -0.2) is 60.3 Å². The molecular formula is C38H45N3O7. The summed E-state index contributed by atoms with van der Waals surface area (Å²) in [6.45, 7) is 8.24. The number of methoxy groups -OCH3 is 1. The topological polar surface area (TPSA) is 123 Å². The van der Waals surface area contributed by atoms with Crippen molar-refractivity contribution in [3.8, 4) is 11.1 Å². The Kier molecular flexibility index (Phi) is 12.5. The average molecular weight is 656 g/mol. The SMILES string of the molecule is COC(=O)[C@@H]([C@H](C)CC1C=CCCN1)N(C(=O)OCc1ccccc1)C(=O)c1ccc(-c2cccc(CNC(=O)OC(C)(C)C)c2)cc1. The lowest BCUT2D eigenvalue weighted by atomic mass is 9.91. The lowest BCUT2D eigenvalue weighted by Crippen LogP contribution is -2.53. The molecule has 0 saturated heterocycles. The maximum atomic E-state index is 14.1. The van der Waals surface area contributed by atoms with Crippen LogP contribution in [0.5, 0.6) is 0 Å². The van der Waals surface area contributed by atoms with Crippen LogP contribution in [0, 0.1) is 5.92 Å². The van der Waals surface area contributed by atoms with Crippen molar-refractivity contribution in [2.45, 2.75) is 71.4 Å². The van der Waals surface area contributed by atoms with Crippen molar-refractivity contribution in [2.24, 2.45) is 5.92 Å². The Morgan fingerprint density at radius 1 is 0.938 bits per heavy atom. The van der Waals surface area contributed by atoms with Crippen molar-refractivity contribution in [3.05, 3.63) is 108 Å². The summed E-state index contributed by atoms with van der Waals surface area (Å²) in [7, 11) is 1.24. The first-order valence-electron chi connectivity index (χ1n) is 16.1. The van der Waals surface area contributed by atoms with Crippen molar-refractivity contribution in [1.29, 1.82) is 0 Å². The third-order valence-electron chi connectivity index (χ3n) is 7.82. The van der Waals surface area contributed by atoms with Gasteiger partial charge in [0.15, 0.2) is 0 Å². The third kappa shape index (κ3) is 10.3. The van der Waals surface area contributed by atoms with E-state index in [4.69, 9.17) is 14.2 Å². The second kappa shape index (κ2) is 16.7. The molecule has 3 aromatic rings. The summed E-state index contributed by atoms with van der Waals surface area (Å²) in [5.74, 6) is -1.84. The predicted octanol–water partition coefficient (Wildman–Crippen LogP) is 6.64. The fourth-order valence-electron chi connectivity index (χ4n) is 5.49. The highest BCUT2D eigenvalue weighted by Gasteiger charge is 2.41. The summed E-state index contributed by atoms with van der Waals surface area (Å²) in [6, 6.07) is 22.3. The molecule has 10 nitrogen and oxygen atoms in total. The van der Waals surface area contributed by atoms with E-state index >= 15 is 0 Å². The summed E-state index contributed by atoms with van der Waals surface area (Å²) in [4.78, 5) is 54.2. The molecule has 48 heavy (non-hydrogen) atoms. The van der Waals surface area contributed by atoms with Crippen LogP contribution in [-0.2, 0) is 32.2 Å². The number of carbonyl (C=O) groups is 4. The Hall–Kier alpha value is -4.96. The molecule has 4 rings (SSSR count). The fourth-order valence-corrected chi connectivity index (χ4v) is 5.49. The van der Waals surface area contributed by atoms with Gasteiger partial charge in [-0.2, -0.15) is 0 Å². The maximum absolute atomic E-state index is 14.1. The molecule has 0 spiro atoms. The molecule has 0 radical (unpaired) electrons. The molecule has 0 bridgehead atoms. The van der Waals surface area contributed by atoms with Gasteiger partial charge in [-0.3, -0.25) is 4.79 Å². The number of nitrogens with zero attached hydrogens (tertiary/aromatic N) is 1. The lowest BCUT2D eigenvalue weighted by molar-refractivity contribution is -0.147. The summed E-state index contributed by atoms with van der Waals surface area (Å²) in [6.07, 6.45) is 4.07. The zero-order chi connectivity index (χ0) is 34.7. The fraction of sp³-hybridized carbons (Fsp3) is 0.368. The summed E-state index contributed by atoms with van der Waals surface area (Å²) in [5, 5.41) is 6.16. The number of alkyl carbamates (subject to hydrolysis) is 1. The number of amides is 3. The van der Waals surface area contributed by atoms with Gasteiger partial charge >= 0.3 is 18.2 Å². The molecular weight excluding hydrogens is 610 g/mol. The second-order valence-corrected chi connectivity index (χ2v) is 12.8. The Bertz CT molecular complexity index is 1580. The standard InChI is InChI=1S/C38H45N3O7/c1-26(22-32-16-9-10-21-39-32)33(35(43)46-5)41(37(45)47-25-27-12-7-6-8-13-27)34(42)30-19-17-29(18-20-30)31-15-11-14-28(23-31)24-40-36(44)48-38(2,3)4/h6-9,11-20,23,26,32-33,39H,10,21-22,24-25H2,1-5H3,(H,40,44)/t26-,32?,33-/m1/s1. The van der Waals surface area contributed by atoms with Crippen LogP contribution in [0.2, 0.25) is 0 Å². The van der Waals surface area contributed by atoms with E-state index in [0.717, 1.165) is 40.1 Å². The molecule has 0 aliphatic carbocycles. The van der Waals surface area contributed by atoms with Crippen molar-refractivity contribution in [1.82, 2.24) is 15.5 Å². The average Bonchev–Trinajstić information content (AvgIpc) is 3.08. The normalized spacial score (nSPS) is 15.5. The van der Waals surface area contributed by atoms with E-state index in [1.165, 1.54) is 7.11 Å². The molecule has 254 valence electrons. The molecule has 3 aromatic carbocycles. The number of nitrogens with one attached hydrogen (secondary N) is 2. The Labute approximate surface area is 282 Å². The van der Waals surface area contributed by atoms with Gasteiger partial charge in [0.2, 0.25) is 0 Å². The number of carbonyl (C=O) groups excluding carboxylic acids is 4. The minimum Gasteiger partial charge on any atom is -0.467 e. The van der Waals surface area contributed by atoms with Gasteiger partial charge < -0.3 is 24.8 Å². The number of hydrogen-bond donors (Lipinski definition) is 2. The van der Waals surface area contributed by atoms with Crippen molar-refractivity contribution in [2.75, 3.05) is 13.7 Å². The van der Waals surface area contributed by atoms with Crippen LogP contribution in [0.25, 0.3) is 11.1 Å². The number of ether oxygens (including phenoxy) is 3. The molecule has 2 N–H and O–H groups in total. The quantitative estimate of drug-likeness (QED) is 0.134. The molecule has 1 aliphatic heterocycles. The maximum Gasteiger partial charge on any atom is 0.417 e. The van der Waals surface area contributed by atoms with Gasteiger partial charge in [0.05, 0.1) is 7.11 Å². The largest absolute Gasteiger partial charge is 0.467 e. The summed E-state index contributed by atoms with van der Waals surface area (Å²) < 4.78 is 16.1. The van der Waals surface area contributed by atoms with Gasteiger partial charge in [0, 0.05) is 18.2 Å². The lowest BCUT2D eigenvalue weighted by Gasteiger charge is -2.33. The van der Waals surface area contributed by atoms with Crippen LogP contribution in [0.1, 0.15) is 62.0 Å². The van der Waals surface area contributed by atoms with E-state index < -0.39 is 41.6 Å². The van der Waals surface area contributed by atoms with Crippen LogP contribution < -0.4 is 10.6 Å². The smallest absolute Gasteiger partial charge is 0.417 e. The molecule has 0 saturated carbocycles. The zero-order valence-electron chi connectivity index (χ0n) is 28.2. The molecule has 0 fully saturated rings. The van der Waals surface area contributed by atoms with E-state index in [1.54, 1.807) is 45.0 Å². The number of benzene rings is 3. The predicted molar refractivity (Wildman–Crippen MR) is 183 cm³/mol. The van der Waals surface area contributed by atoms with Crippen molar-refractivity contribution in [3.63, 3.8) is 0 Å². The van der Waals surface area contributed by atoms with Crippen LogP contribution in [0.3, 0.4) is 0 Å². The van der Waals surface area contributed by atoms with Gasteiger partial charge in [0.25, 0.3) is 5.91 Å². The van der Waals surface area contributed by atoms with Gasteiger partial charge in [0.1, 0.15) is 18.2 Å². The Morgan fingerprint density at radius 2 is 1.65 bits per heavy atom. The highest BCUT2D eigenvalue weighted by molar-refractivity contribution is 6.06. The monoisotopic (exact) mass is 655 g/mol. The number of hydrogen-bond acceptors (Lipinski definition) is 8. The molecule has 10 heteroatoms. The van der Waals surface area contributed by atoms with E-state index in [-0.39, 0.29) is 24.8 Å². The van der Waals surface area contributed by atoms with Gasteiger partial charge in [-0.15, -0.1) is 0 Å². The first-order chi connectivity index (χ1) is 22.9. The van der Waals surface area contributed by atoms with Crippen molar-refractivity contribution < 1.29 is 33.4 Å². The van der Waals surface area contributed by atoms with E-state index in [2.05, 4.69) is 16.7 Å². The molecule has 3 atom stereocenters. The van der Waals surface area contributed by atoms with E-state index in [1.807, 2.05) is 67.6 Å². The highest BCUT2D eigenvalue weighted by atomic mass is 16.6. The highest BCUT2D eigenvalue weighted by Crippen LogP contribution is 2.26. The summed E-state index contributed by atoms with van der Waals surface area (Å²) in [5.41, 5.74) is 2.89. The van der Waals surface area contributed by atoms with Crippen LogP contribution in [0.4, 0.5) is 9.59 Å². The Balaban J connectivity index is 1.57. The zero-order valence-corrected chi connectivity index (χ0v) is 28.2. The van der Waals surface area contributed by atoms with Gasteiger partial charge in [-0.1, -0.05) is 79.7 Å². The third-order valence-corrected chi connectivity index (χ3v) is 7.82. The molecule has 0 aromatic heterocycles.